The summed E-state index contributed by atoms with van der Waals surface area (Å²) in [6, 6.07) is 0. The highest BCUT2D eigenvalue weighted by molar-refractivity contribution is 5.81. The molecule has 0 radical (unpaired) electrons. The highest BCUT2D eigenvalue weighted by Gasteiger charge is 2.21. The summed E-state index contributed by atoms with van der Waals surface area (Å²) in [6.45, 7) is 1.15. The van der Waals surface area contributed by atoms with Crippen LogP contribution in [0.15, 0.2) is 12.7 Å². The van der Waals surface area contributed by atoms with E-state index in [1.807, 2.05) is 0 Å². The lowest BCUT2D eigenvalue weighted by molar-refractivity contribution is -0.0984. The van der Waals surface area contributed by atoms with Crippen LogP contribution in [0.3, 0.4) is 0 Å². The van der Waals surface area contributed by atoms with Gasteiger partial charge in [0.2, 0.25) is 6.41 Å². The lowest BCUT2D eigenvalue weighted by Crippen LogP contribution is -2.08. The van der Waals surface area contributed by atoms with Gasteiger partial charge in [0.15, 0.2) is 11.5 Å². The molecule has 7 heteroatoms. The SMILES string of the molecule is Nc1ncnc2c1ncn2C1OCCO1. The fourth-order valence-corrected chi connectivity index (χ4v) is 1.53. The van der Waals surface area contributed by atoms with Crippen LogP contribution in [0.1, 0.15) is 6.41 Å². The van der Waals surface area contributed by atoms with Crippen LogP contribution < -0.4 is 5.73 Å². The lowest BCUT2D eigenvalue weighted by atomic mass is 10.5. The Morgan fingerprint density at radius 1 is 1.27 bits per heavy atom. The van der Waals surface area contributed by atoms with E-state index in [4.69, 9.17) is 15.2 Å². The maximum atomic E-state index is 5.66. The van der Waals surface area contributed by atoms with Gasteiger partial charge in [-0.3, -0.25) is 4.57 Å². The number of rotatable bonds is 1. The molecule has 7 nitrogen and oxygen atoms in total. The molecular weight excluding hydrogens is 198 g/mol. The van der Waals surface area contributed by atoms with Gasteiger partial charge in [0.1, 0.15) is 18.2 Å². The van der Waals surface area contributed by atoms with Crippen LogP contribution in [0.5, 0.6) is 0 Å². The molecule has 78 valence electrons. The molecule has 1 saturated heterocycles. The largest absolute Gasteiger partial charge is 0.382 e. The van der Waals surface area contributed by atoms with Gasteiger partial charge in [0.25, 0.3) is 0 Å². The number of nitrogens with zero attached hydrogens (tertiary/aromatic N) is 4. The molecule has 0 amide bonds. The highest BCUT2D eigenvalue weighted by atomic mass is 16.7. The van der Waals surface area contributed by atoms with Crippen LogP contribution in [-0.4, -0.2) is 32.7 Å². The number of aromatic nitrogens is 4. The van der Waals surface area contributed by atoms with Crippen molar-refractivity contribution in [2.45, 2.75) is 6.41 Å². The molecule has 3 rings (SSSR count). The second-order valence-corrected chi connectivity index (χ2v) is 3.13. The number of ether oxygens (including phenoxy) is 2. The van der Waals surface area contributed by atoms with Crippen molar-refractivity contribution in [3.8, 4) is 0 Å². The van der Waals surface area contributed by atoms with Crippen molar-refractivity contribution in [1.29, 1.82) is 0 Å². The number of hydrogen-bond donors (Lipinski definition) is 1. The molecule has 0 bridgehead atoms. The summed E-state index contributed by atoms with van der Waals surface area (Å²) in [5.74, 6) is 0.358. The normalized spacial score (nSPS) is 17.6. The average Bonchev–Trinajstić information content (AvgIpc) is 2.85. The van der Waals surface area contributed by atoms with E-state index in [0.717, 1.165) is 0 Å². The van der Waals surface area contributed by atoms with E-state index >= 15 is 0 Å². The zero-order valence-corrected chi connectivity index (χ0v) is 7.83. The molecule has 2 aromatic rings. The topological polar surface area (TPSA) is 88.1 Å². The van der Waals surface area contributed by atoms with E-state index in [9.17, 15) is 0 Å². The molecular formula is C8H9N5O2. The lowest BCUT2D eigenvalue weighted by Gasteiger charge is -2.09. The zero-order valence-electron chi connectivity index (χ0n) is 7.83. The second kappa shape index (κ2) is 3.14. The van der Waals surface area contributed by atoms with Crippen molar-refractivity contribution in [3.05, 3.63) is 12.7 Å². The van der Waals surface area contributed by atoms with Gasteiger partial charge in [-0.2, -0.15) is 0 Å². The predicted octanol–water partition coefficient (Wildman–Crippen LogP) is -0.0886. The molecule has 0 unspecified atom stereocenters. The third kappa shape index (κ3) is 1.24. The third-order valence-corrected chi connectivity index (χ3v) is 2.22. The summed E-state index contributed by atoms with van der Waals surface area (Å²) in [5.41, 5.74) is 6.85. The second-order valence-electron chi connectivity index (χ2n) is 3.13. The standard InChI is InChI=1S/C8H9N5O2/c9-6-5-7(11-3-10-6)13(4-12-5)8-14-1-2-15-8/h3-4,8H,1-2H2,(H2,9,10,11). The van der Waals surface area contributed by atoms with Crippen molar-refractivity contribution in [2.75, 3.05) is 18.9 Å². The monoisotopic (exact) mass is 207 g/mol. The summed E-state index contributed by atoms with van der Waals surface area (Å²) in [4.78, 5) is 12.1. The van der Waals surface area contributed by atoms with Gasteiger partial charge < -0.3 is 15.2 Å². The number of nitrogens with two attached hydrogens (primary N) is 1. The van der Waals surface area contributed by atoms with Crippen molar-refractivity contribution >= 4 is 17.0 Å². The van der Waals surface area contributed by atoms with Crippen LogP contribution in [0, 0.1) is 0 Å². The number of imidazole rings is 1. The van der Waals surface area contributed by atoms with E-state index in [0.29, 0.717) is 30.2 Å². The predicted molar refractivity (Wildman–Crippen MR) is 50.7 cm³/mol. The van der Waals surface area contributed by atoms with Crippen molar-refractivity contribution < 1.29 is 9.47 Å². The number of anilines is 1. The Balaban J connectivity index is 2.15. The molecule has 0 spiro atoms. The Hall–Kier alpha value is -1.73. The minimum atomic E-state index is -0.454. The molecule has 0 atom stereocenters. The molecule has 15 heavy (non-hydrogen) atoms. The quantitative estimate of drug-likeness (QED) is 0.703. The number of nitrogen functional groups attached to an aromatic ring is 1. The fourth-order valence-electron chi connectivity index (χ4n) is 1.53. The van der Waals surface area contributed by atoms with Crippen LogP contribution in [0.25, 0.3) is 11.2 Å². The first-order valence-electron chi connectivity index (χ1n) is 4.52. The van der Waals surface area contributed by atoms with Crippen LogP contribution >= 0.6 is 0 Å². The van der Waals surface area contributed by atoms with Gasteiger partial charge in [-0.15, -0.1) is 0 Å². The summed E-state index contributed by atoms with van der Waals surface area (Å²) < 4.78 is 12.4. The fraction of sp³-hybridized carbons (Fsp3) is 0.375. The van der Waals surface area contributed by atoms with Crippen LogP contribution in [0.4, 0.5) is 5.82 Å². The molecule has 0 aromatic carbocycles. The minimum Gasteiger partial charge on any atom is -0.382 e. The molecule has 3 heterocycles. The molecule has 2 N–H and O–H groups in total. The molecule has 2 aromatic heterocycles. The highest BCUT2D eigenvalue weighted by Crippen LogP contribution is 2.22. The Morgan fingerprint density at radius 3 is 2.87 bits per heavy atom. The average molecular weight is 207 g/mol. The first-order chi connectivity index (χ1) is 7.36. The van der Waals surface area contributed by atoms with E-state index in [2.05, 4.69) is 15.0 Å². The van der Waals surface area contributed by atoms with E-state index in [1.165, 1.54) is 6.33 Å². The van der Waals surface area contributed by atoms with Crippen molar-refractivity contribution in [2.24, 2.45) is 0 Å². The van der Waals surface area contributed by atoms with Gasteiger partial charge in [0.05, 0.1) is 13.2 Å². The first kappa shape index (κ1) is 8.57. The molecule has 0 saturated carbocycles. The Morgan fingerprint density at radius 2 is 2.07 bits per heavy atom. The Labute approximate surface area is 84.8 Å². The summed E-state index contributed by atoms with van der Waals surface area (Å²) in [7, 11) is 0. The summed E-state index contributed by atoms with van der Waals surface area (Å²) in [5, 5.41) is 0. The molecule has 1 aliphatic heterocycles. The maximum absolute atomic E-state index is 5.66. The summed E-state index contributed by atoms with van der Waals surface area (Å²) >= 11 is 0. The van der Waals surface area contributed by atoms with Gasteiger partial charge in [-0.25, -0.2) is 15.0 Å². The molecule has 0 aliphatic carbocycles. The smallest absolute Gasteiger partial charge is 0.246 e. The molecule has 1 aliphatic rings. The zero-order chi connectivity index (χ0) is 10.3. The first-order valence-corrected chi connectivity index (χ1v) is 4.52. The number of hydrogen-bond acceptors (Lipinski definition) is 6. The van der Waals surface area contributed by atoms with Gasteiger partial charge >= 0.3 is 0 Å². The third-order valence-electron chi connectivity index (χ3n) is 2.22. The molecule has 1 fully saturated rings. The van der Waals surface area contributed by atoms with Crippen LogP contribution in [-0.2, 0) is 9.47 Å². The van der Waals surface area contributed by atoms with Crippen molar-refractivity contribution in [1.82, 2.24) is 19.5 Å². The Kier molecular flexibility index (Phi) is 1.79. The van der Waals surface area contributed by atoms with Crippen LogP contribution in [0.2, 0.25) is 0 Å². The van der Waals surface area contributed by atoms with E-state index in [-0.39, 0.29) is 0 Å². The van der Waals surface area contributed by atoms with Gasteiger partial charge in [-0.05, 0) is 0 Å². The Bertz CT molecular complexity index is 491. The minimum absolute atomic E-state index is 0.358. The van der Waals surface area contributed by atoms with E-state index < -0.39 is 6.41 Å². The summed E-state index contributed by atoms with van der Waals surface area (Å²) in [6.07, 6.45) is 2.53. The van der Waals surface area contributed by atoms with E-state index in [1.54, 1.807) is 10.9 Å². The van der Waals surface area contributed by atoms with Gasteiger partial charge in [-0.1, -0.05) is 0 Å². The van der Waals surface area contributed by atoms with Gasteiger partial charge in [0, 0.05) is 0 Å². The number of fused-ring (bicyclic) bond motifs is 1. The maximum Gasteiger partial charge on any atom is 0.246 e. The van der Waals surface area contributed by atoms with Crippen molar-refractivity contribution in [3.63, 3.8) is 0 Å².